The summed E-state index contributed by atoms with van der Waals surface area (Å²) < 4.78 is 39.7. The molecule has 1 aliphatic heterocycles. The summed E-state index contributed by atoms with van der Waals surface area (Å²) in [7, 11) is -2.19. The first-order chi connectivity index (χ1) is 13.4. The van der Waals surface area contributed by atoms with E-state index >= 15 is 0 Å². The molecule has 7 nitrogen and oxygen atoms in total. The Morgan fingerprint density at radius 1 is 1.29 bits per heavy atom. The van der Waals surface area contributed by atoms with Gasteiger partial charge < -0.3 is 9.47 Å². The Bertz CT molecular complexity index is 1000. The number of methoxy groups -OCH3 is 1. The van der Waals surface area contributed by atoms with E-state index in [4.69, 9.17) is 9.47 Å². The normalized spacial score (nSPS) is 18.5. The van der Waals surface area contributed by atoms with Crippen LogP contribution in [0.25, 0.3) is 6.08 Å². The third kappa shape index (κ3) is 3.71. The molecule has 28 heavy (non-hydrogen) atoms. The van der Waals surface area contributed by atoms with Crippen molar-refractivity contribution in [2.24, 2.45) is 0 Å². The van der Waals surface area contributed by atoms with Crippen LogP contribution < -0.4 is 9.21 Å². The number of hydrogen-bond donors (Lipinski definition) is 1. The molecule has 1 N–H and O–H groups in total. The smallest absolute Gasteiger partial charge is 0.393 e. The third-order valence-corrected chi connectivity index (χ3v) is 8.22. The lowest BCUT2D eigenvalue weighted by molar-refractivity contribution is -0.140. The molecule has 0 radical (unpaired) electrons. The molecule has 0 amide bonds. The number of carbonyl (C=O) groups excluding carboxylic acids is 1. The van der Waals surface area contributed by atoms with Gasteiger partial charge in [0.2, 0.25) is 5.70 Å². The maximum absolute atomic E-state index is 12.8. The molecule has 0 spiro atoms. The van der Waals surface area contributed by atoms with E-state index in [2.05, 4.69) is 27.3 Å². The average Bonchev–Trinajstić information content (AvgIpc) is 3.30. The number of carbonyl (C=O) groups is 1. The second-order valence-corrected chi connectivity index (χ2v) is 9.58. The molecule has 2 aromatic rings. The SMILES string of the molecule is CCOC(=O)C1=Cc2cccc(NS(=O)(=O)c3cccs3)c2[N+]1(CI)COC. The number of para-hydroxylation sites is 1. The van der Waals surface area contributed by atoms with Crippen LogP contribution in [0.3, 0.4) is 0 Å². The average molecular weight is 535 g/mol. The number of nitrogens with zero attached hydrogens (tertiary/aromatic N) is 1. The van der Waals surface area contributed by atoms with E-state index in [9.17, 15) is 13.2 Å². The molecule has 2 heterocycles. The van der Waals surface area contributed by atoms with Gasteiger partial charge >= 0.3 is 5.97 Å². The van der Waals surface area contributed by atoms with E-state index in [1.165, 1.54) is 0 Å². The number of thiophene rings is 1. The van der Waals surface area contributed by atoms with Gasteiger partial charge in [0.25, 0.3) is 10.0 Å². The van der Waals surface area contributed by atoms with Crippen LogP contribution in [0.15, 0.2) is 45.6 Å². The first-order valence-corrected chi connectivity index (χ1v) is 12.3. The van der Waals surface area contributed by atoms with Gasteiger partial charge in [-0.1, -0.05) is 12.1 Å². The van der Waals surface area contributed by atoms with Crippen LogP contribution in [0.4, 0.5) is 11.4 Å². The summed E-state index contributed by atoms with van der Waals surface area (Å²) in [5.41, 5.74) is 2.25. The molecule has 150 valence electrons. The minimum atomic E-state index is -3.74. The molecular formula is C18H20IN2O5S2+. The largest absolute Gasteiger partial charge is 0.459 e. The number of alkyl halides is 1. The minimum absolute atomic E-state index is 0.0361. The fraction of sp³-hybridized carbons (Fsp3) is 0.278. The van der Waals surface area contributed by atoms with Crippen LogP contribution in [0.5, 0.6) is 0 Å². The van der Waals surface area contributed by atoms with Gasteiger partial charge in [0.05, 0.1) is 6.61 Å². The van der Waals surface area contributed by atoms with E-state index in [-0.39, 0.29) is 22.0 Å². The molecule has 10 heteroatoms. The number of halogens is 1. The second-order valence-electron chi connectivity index (χ2n) is 6.04. The minimum Gasteiger partial charge on any atom is -0.459 e. The number of rotatable bonds is 8. The van der Waals surface area contributed by atoms with Gasteiger partial charge in [-0.05, 0) is 53.1 Å². The van der Waals surface area contributed by atoms with Gasteiger partial charge in [0.15, 0.2) is 12.4 Å². The van der Waals surface area contributed by atoms with Crippen molar-refractivity contribution in [2.45, 2.75) is 11.1 Å². The topological polar surface area (TPSA) is 81.7 Å². The zero-order valence-electron chi connectivity index (χ0n) is 15.3. The molecule has 0 saturated carbocycles. The zero-order valence-corrected chi connectivity index (χ0v) is 19.1. The number of anilines is 1. The summed E-state index contributed by atoms with van der Waals surface area (Å²) in [5.74, 6) is -0.445. The predicted molar refractivity (Wildman–Crippen MR) is 119 cm³/mol. The Balaban J connectivity index is 2.12. The molecular weight excluding hydrogens is 515 g/mol. The maximum Gasteiger partial charge on any atom is 0.393 e. The number of hydrogen-bond acceptors (Lipinski definition) is 6. The Labute approximate surface area is 181 Å². The van der Waals surface area contributed by atoms with Gasteiger partial charge in [-0.2, -0.15) is 0 Å². The highest BCUT2D eigenvalue weighted by atomic mass is 127. The Morgan fingerprint density at radius 3 is 2.68 bits per heavy atom. The summed E-state index contributed by atoms with van der Waals surface area (Å²) >= 11 is 3.31. The monoisotopic (exact) mass is 535 g/mol. The maximum atomic E-state index is 12.8. The Kier molecular flexibility index (Phi) is 6.44. The zero-order chi connectivity index (χ0) is 20.4. The lowest BCUT2D eigenvalue weighted by atomic mass is 10.1. The van der Waals surface area contributed by atoms with Gasteiger partial charge in [-0.25, -0.2) is 17.7 Å². The van der Waals surface area contributed by atoms with E-state index in [1.807, 2.05) is 6.07 Å². The highest BCUT2D eigenvalue weighted by Gasteiger charge is 2.48. The fourth-order valence-corrected chi connectivity index (χ4v) is 6.16. The van der Waals surface area contributed by atoms with E-state index < -0.39 is 16.0 Å². The molecule has 1 unspecified atom stereocenters. The van der Waals surface area contributed by atoms with Crippen molar-refractivity contribution in [3.8, 4) is 0 Å². The summed E-state index contributed by atoms with van der Waals surface area (Å²) in [6, 6.07) is 8.53. The van der Waals surface area contributed by atoms with Crippen LogP contribution in [0.1, 0.15) is 12.5 Å². The molecule has 0 bridgehead atoms. The molecule has 1 aromatic carbocycles. The van der Waals surface area contributed by atoms with Crippen molar-refractivity contribution >= 4 is 67.4 Å². The van der Waals surface area contributed by atoms with Crippen LogP contribution in [-0.4, -0.2) is 39.4 Å². The number of benzene rings is 1. The van der Waals surface area contributed by atoms with Crippen molar-refractivity contribution in [3.05, 3.63) is 47.0 Å². The summed E-state index contributed by atoms with van der Waals surface area (Å²) in [6.07, 6.45) is 1.74. The van der Waals surface area contributed by atoms with Gasteiger partial charge in [0.1, 0.15) is 14.4 Å². The molecule has 3 rings (SSSR count). The summed E-state index contributed by atoms with van der Waals surface area (Å²) in [6.45, 7) is 2.16. The number of quaternary nitrogens is 1. The number of nitrogens with one attached hydrogen (secondary N) is 1. The van der Waals surface area contributed by atoms with Crippen molar-refractivity contribution in [1.82, 2.24) is 4.48 Å². The first kappa shape index (κ1) is 21.2. The van der Waals surface area contributed by atoms with Gasteiger partial charge in [0, 0.05) is 18.7 Å². The van der Waals surface area contributed by atoms with Crippen molar-refractivity contribution in [1.29, 1.82) is 0 Å². The van der Waals surface area contributed by atoms with Crippen molar-refractivity contribution in [2.75, 3.05) is 29.7 Å². The first-order valence-electron chi connectivity index (χ1n) is 8.41. The third-order valence-electron chi connectivity index (χ3n) is 4.29. The van der Waals surface area contributed by atoms with Gasteiger partial charge in [-0.3, -0.25) is 4.72 Å². The highest BCUT2D eigenvalue weighted by Crippen LogP contribution is 2.47. The van der Waals surface area contributed by atoms with E-state index in [1.54, 1.807) is 49.8 Å². The lowest BCUT2D eigenvalue weighted by Crippen LogP contribution is -2.50. The summed E-state index contributed by atoms with van der Waals surface area (Å²) in [4.78, 5) is 12.6. The highest BCUT2D eigenvalue weighted by molar-refractivity contribution is 14.1. The van der Waals surface area contributed by atoms with Gasteiger partial charge in [-0.15, -0.1) is 11.3 Å². The fourth-order valence-electron chi connectivity index (χ4n) is 3.19. The molecule has 1 atom stereocenters. The molecule has 1 aliphatic rings. The Morgan fingerprint density at radius 2 is 2.07 bits per heavy atom. The van der Waals surface area contributed by atoms with Crippen molar-refractivity contribution in [3.63, 3.8) is 0 Å². The number of sulfonamides is 1. The number of esters is 1. The quantitative estimate of drug-likeness (QED) is 0.183. The van der Waals surface area contributed by atoms with E-state index in [0.29, 0.717) is 21.6 Å². The second kappa shape index (κ2) is 8.49. The van der Waals surface area contributed by atoms with Crippen molar-refractivity contribution < 1.29 is 22.7 Å². The van der Waals surface area contributed by atoms with Crippen LogP contribution in [0, 0.1) is 0 Å². The van der Waals surface area contributed by atoms with Crippen LogP contribution in [0.2, 0.25) is 0 Å². The van der Waals surface area contributed by atoms with Crippen LogP contribution in [-0.2, 0) is 24.3 Å². The predicted octanol–water partition coefficient (Wildman–Crippen LogP) is 3.77. The lowest BCUT2D eigenvalue weighted by Gasteiger charge is -2.34. The number of ether oxygens (including phenoxy) is 2. The molecule has 0 fully saturated rings. The van der Waals surface area contributed by atoms with Crippen LogP contribution >= 0.6 is 33.9 Å². The standard InChI is InChI=1S/C18H20IN2O5S2/c1-3-26-18(22)15-10-13-6-4-7-14(17(13)21(15,11-19)12-25-2)20-28(23,24)16-8-5-9-27-16/h4-10,20H,3,11-12H2,1-2H3/q+1. The molecule has 1 aromatic heterocycles. The Hall–Kier alpha value is -1.47. The molecule has 0 saturated heterocycles. The molecule has 0 aliphatic carbocycles. The van der Waals surface area contributed by atoms with E-state index in [0.717, 1.165) is 16.9 Å². The summed E-state index contributed by atoms with van der Waals surface area (Å²) in [5, 5.41) is 1.71. The number of fused-ring (bicyclic) bond motifs is 1.